The molecule has 0 unspecified atom stereocenters. The van der Waals surface area contributed by atoms with Crippen molar-refractivity contribution in [3.05, 3.63) is 82.9 Å². The Morgan fingerprint density at radius 3 is 2.56 bits per heavy atom. The van der Waals surface area contributed by atoms with Crippen molar-refractivity contribution in [1.82, 2.24) is 14.5 Å². The van der Waals surface area contributed by atoms with Crippen LogP contribution in [0.25, 0.3) is 0 Å². The van der Waals surface area contributed by atoms with E-state index in [0.717, 1.165) is 30.8 Å². The van der Waals surface area contributed by atoms with Crippen LogP contribution in [0.3, 0.4) is 0 Å². The largest absolute Gasteiger partial charge is 0.366 e. The van der Waals surface area contributed by atoms with Crippen molar-refractivity contribution < 1.29 is 13.6 Å². The minimum Gasteiger partial charge on any atom is -0.366 e. The number of amides is 1. The van der Waals surface area contributed by atoms with Crippen molar-refractivity contribution in [2.75, 3.05) is 31.1 Å². The van der Waals surface area contributed by atoms with Gasteiger partial charge in [0.2, 0.25) is 0 Å². The van der Waals surface area contributed by atoms with Crippen LogP contribution in [-0.2, 0) is 13.0 Å². The van der Waals surface area contributed by atoms with Gasteiger partial charge >= 0.3 is 0 Å². The number of imidazole rings is 1. The standard InChI is InChI=1S/C25H26F2N4O/c1-17-14-18(6-8-20(17)26)19-7-9-24-28-22(16-31(24)15-19)25(32)30-12-10-29(11-13-30)23-5-3-2-4-21(23)27/h2-6,8,14,16,19H,7,9-13,15H2,1H3/t19-/m0/s1. The zero-order chi connectivity index (χ0) is 22.2. The molecular weight excluding hydrogens is 410 g/mol. The highest BCUT2D eigenvalue weighted by Gasteiger charge is 2.28. The minimum absolute atomic E-state index is 0.0748. The van der Waals surface area contributed by atoms with Crippen molar-refractivity contribution in [1.29, 1.82) is 0 Å². The lowest BCUT2D eigenvalue weighted by molar-refractivity contribution is 0.0741. The molecule has 166 valence electrons. The van der Waals surface area contributed by atoms with E-state index in [9.17, 15) is 13.6 Å². The van der Waals surface area contributed by atoms with Gasteiger partial charge in [-0.2, -0.15) is 0 Å². The number of fused-ring (bicyclic) bond motifs is 1. The fourth-order valence-corrected chi connectivity index (χ4v) is 4.76. The molecule has 2 aromatic carbocycles. The third-order valence-corrected chi connectivity index (χ3v) is 6.63. The number of piperazine rings is 1. The molecule has 0 bridgehead atoms. The molecule has 0 saturated carbocycles. The molecule has 1 atom stereocenters. The van der Waals surface area contributed by atoms with Gasteiger partial charge in [0.05, 0.1) is 5.69 Å². The van der Waals surface area contributed by atoms with Crippen LogP contribution in [-0.4, -0.2) is 46.5 Å². The van der Waals surface area contributed by atoms with E-state index >= 15 is 0 Å². The van der Waals surface area contributed by atoms with Crippen LogP contribution in [0.1, 0.15) is 39.8 Å². The second kappa shape index (κ2) is 8.37. The number of hydrogen-bond acceptors (Lipinski definition) is 3. The summed E-state index contributed by atoms with van der Waals surface area (Å²) in [6.45, 7) is 4.77. The molecule has 3 aromatic rings. The molecule has 2 aliphatic heterocycles. The van der Waals surface area contributed by atoms with Gasteiger partial charge in [0.25, 0.3) is 5.91 Å². The van der Waals surface area contributed by atoms with Crippen LogP contribution in [0.5, 0.6) is 0 Å². The molecule has 1 aromatic heterocycles. The SMILES string of the molecule is Cc1cc([C@H]2CCc3nc(C(=O)N4CCN(c5ccccc5F)CC4)cn3C2)ccc1F. The molecule has 3 heterocycles. The molecule has 32 heavy (non-hydrogen) atoms. The van der Waals surface area contributed by atoms with E-state index in [2.05, 4.69) is 9.55 Å². The van der Waals surface area contributed by atoms with Crippen molar-refractivity contribution in [3.63, 3.8) is 0 Å². The lowest BCUT2D eigenvalue weighted by Gasteiger charge is -2.35. The maximum atomic E-state index is 14.1. The minimum atomic E-state index is -0.236. The molecule has 5 nitrogen and oxygen atoms in total. The van der Waals surface area contributed by atoms with Gasteiger partial charge in [0.1, 0.15) is 23.2 Å². The number of benzene rings is 2. The number of aromatic nitrogens is 2. The number of carbonyl (C=O) groups is 1. The number of hydrogen-bond donors (Lipinski definition) is 0. The van der Waals surface area contributed by atoms with Gasteiger partial charge < -0.3 is 14.4 Å². The fourth-order valence-electron chi connectivity index (χ4n) is 4.76. The van der Waals surface area contributed by atoms with Crippen LogP contribution >= 0.6 is 0 Å². The second-order valence-electron chi connectivity index (χ2n) is 8.67. The maximum absolute atomic E-state index is 14.1. The molecule has 0 aliphatic carbocycles. The van der Waals surface area contributed by atoms with Crippen molar-refractivity contribution in [2.45, 2.75) is 32.2 Å². The van der Waals surface area contributed by atoms with Crippen LogP contribution in [0.15, 0.2) is 48.7 Å². The van der Waals surface area contributed by atoms with E-state index in [1.807, 2.05) is 29.3 Å². The third kappa shape index (κ3) is 3.87. The predicted molar refractivity (Wildman–Crippen MR) is 119 cm³/mol. The van der Waals surface area contributed by atoms with Crippen molar-refractivity contribution >= 4 is 11.6 Å². The van der Waals surface area contributed by atoms with Gasteiger partial charge in [-0.3, -0.25) is 4.79 Å². The van der Waals surface area contributed by atoms with Crippen molar-refractivity contribution in [2.24, 2.45) is 0 Å². The highest BCUT2D eigenvalue weighted by molar-refractivity contribution is 5.92. The zero-order valence-corrected chi connectivity index (χ0v) is 18.1. The van der Waals surface area contributed by atoms with E-state index in [1.54, 1.807) is 24.0 Å². The predicted octanol–water partition coefficient (Wildman–Crippen LogP) is 4.16. The normalized spacial score (nSPS) is 18.5. The van der Waals surface area contributed by atoms with Crippen LogP contribution in [0, 0.1) is 18.6 Å². The Hall–Kier alpha value is -3.22. The van der Waals surface area contributed by atoms with Gasteiger partial charge in [-0.05, 0) is 42.7 Å². The molecule has 2 aliphatic rings. The summed E-state index contributed by atoms with van der Waals surface area (Å²) in [4.78, 5) is 21.5. The smallest absolute Gasteiger partial charge is 0.274 e. The van der Waals surface area contributed by atoms with Gasteiger partial charge in [-0.25, -0.2) is 13.8 Å². The molecule has 0 spiro atoms. The van der Waals surface area contributed by atoms with Crippen LogP contribution < -0.4 is 4.90 Å². The summed E-state index contributed by atoms with van der Waals surface area (Å²) < 4.78 is 29.8. The Morgan fingerprint density at radius 1 is 1.03 bits per heavy atom. The number of carbonyl (C=O) groups excluding carboxylic acids is 1. The summed E-state index contributed by atoms with van der Waals surface area (Å²) in [5, 5.41) is 0. The van der Waals surface area contributed by atoms with Crippen molar-refractivity contribution in [3.8, 4) is 0 Å². The first kappa shape index (κ1) is 20.7. The first-order valence-corrected chi connectivity index (χ1v) is 11.1. The molecule has 7 heteroatoms. The Bertz CT molecular complexity index is 1150. The summed E-state index contributed by atoms with van der Waals surface area (Å²) in [6.07, 6.45) is 3.57. The second-order valence-corrected chi connectivity index (χ2v) is 8.67. The number of aryl methyl sites for hydroxylation is 2. The highest BCUT2D eigenvalue weighted by Crippen LogP contribution is 2.30. The van der Waals surface area contributed by atoms with Gasteiger partial charge in [-0.1, -0.05) is 24.3 Å². The Labute approximate surface area is 186 Å². The Morgan fingerprint density at radius 2 is 1.81 bits per heavy atom. The number of nitrogens with zero attached hydrogens (tertiary/aromatic N) is 4. The monoisotopic (exact) mass is 436 g/mol. The summed E-state index contributed by atoms with van der Waals surface area (Å²) in [5.41, 5.74) is 2.83. The fraction of sp³-hybridized carbons (Fsp3) is 0.360. The lowest BCUT2D eigenvalue weighted by Crippen LogP contribution is -2.49. The summed E-state index contributed by atoms with van der Waals surface area (Å²) >= 11 is 0. The molecular formula is C25H26F2N4O. The maximum Gasteiger partial charge on any atom is 0.274 e. The van der Waals surface area contributed by atoms with Crippen LogP contribution in [0.2, 0.25) is 0 Å². The van der Waals surface area contributed by atoms with Gasteiger partial charge in [-0.15, -0.1) is 0 Å². The number of rotatable bonds is 3. The molecule has 0 radical (unpaired) electrons. The number of para-hydroxylation sites is 1. The van der Waals surface area contributed by atoms with Gasteiger partial charge in [0, 0.05) is 51.3 Å². The quantitative estimate of drug-likeness (QED) is 0.619. The van der Waals surface area contributed by atoms with E-state index in [1.165, 1.54) is 12.1 Å². The average Bonchev–Trinajstić information content (AvgIpc) is 3.24. The average molecular weight is 437 g/mol. The summed E-state index contributed by atoms with van der Waals surface area (Å²) in [6, 6.07) is 12.0. The van der Waals surface area contributed by atoms with E-state index in [4.69, 9.17) is 0 Å². The van der Waals surface area contributed by atoms with Crippen LogP contribution in [0.4, 0.5) is 14.5 Å². The number of halogens is 2. The topological polar surface area (TPSA) is 41.4 Å². The third-order valence-electron chi connectivity index (χ3n) is 6.63. The Kier molecular flexibility index (Phi) is 5.41. The molecule has 1 amide bonds. The highest BCUT2D eigenvalue weighted by atomic mass is 19.1. The zero-order valence-electron chi connectivity index (χ0n) is 18.1. The first-order valence-electron chi connectivity index (χ1n) is 11.1. The Balaban J connectivity index is 1.25. The molecule has 5 rings (SSSR count). The molecule has 0 N–H and O–H groups in total. The molecule has 1 fully saturated rings. The van der Waals surface area contributed by atoms with E-state index in [-0.39, 0.29) is 23.5 Å². The van der Waals surface area contributed by atoms with E-state index < -0.39 is 0 Å². The first-order chi connectivity index (χ1) is 15.5. The number of anilines is 1. The lowest BCUT2D eigenvalue weighted by atomic mass is 9.90. The summed E-state index contributed by atoms with van der Waals surface area (Å²) in [7, 11) is 0. The van der Waals surface area contributed by atoms with Gasteiger partial charge in [0.15, 0.2) is 0 Å². The van der Waals surface area contributed by atoms with E-state index in [0.29, 0.717) is 43.1 Å². The summed E-state index contributed by atoms with van der Waals surface area (Å²) in [5.74, 6) is 0.710. The molecule has 1 saturated heterocycles.